The van der Waals surface area contributed by atoms with E-state index in [1.165, 1.54) is 34.2 Å². The number of benzene rings is 2. The molecule has 0 bridgehead atoms. The zero-order valence-corrected chi connectivity index (χ0v) is 31.2. The fourth-order valence-corrected chi connectivity index (χ4v) is 6.05. The molecular formula is C38H36F6N8O6. The molecule has 2 unspecified atom stereocenters. The smallest absolute Gasteiger partial charge is 0.345 e. The summed E-state index contributed by atoms with van der Waals surface area (Å²) in [5.74, 6) is -14.0. The highest BCUT2D eigenvalue weighted by atomic mass is 19.3. The summed E-state index contributed by atoms with van der Waals surface area (Å²) in [7, 11) is 0. The van der Waals surface area contributed by atoms with E-state index < -0.39 is 70.5 Å². The van der Waals surface area contributed by atoms with Crippen molar-refractivity contribution in [3.8, 4) is 34.0 Å². The van der Waals surface area contributed by atoms with E-state index in [2.05, 4.69) is 30.6 Å². The van der Waals surface area contributed by atoms with Gasteiger partial charge in [0.2, 0.25) is 11.8 Å². The molecule has 2 atom stereocenters. The van der Waals surface area contributed by atoms with Crippen LogP contribution in [0.4, 0.5) is 26.3 Å². The molecule has 0 saturated carbocycles. The van der Waals surface area contributed by atoms with Gasteiger partial charge in [0.05, 0.1) is 47.7 Å². The van der Waals surface area contributed by atoms with Gasteiger partial charge in [0.15, 0.2) is 12.2 Å². The van der Waals surface area contributed by atoms with Crippen LogP contribution in [0, 0.1) is 11.6 Å². The van der Waals surface area contributed by atoms with Gasteiger partial charge < -0.3 is 19.7 Å². The first-order valence-electron chi connectivity index (χ1n) is 17.7. The summed E-state index contributed by atoms with van der Waals surface area (Å²) in [5, 5.41) is 43.7. The summed E-state index contributed by atoms with van der Waals surface area (Å²) in [6.07, 6.45) is 1.51. The minimum atomic E-state index is -3.60. The molecule has 0 radical (unpaired) electrons. The molecule has 14 nitrogen and oxygen atoms in total. The van der Waals surface area contributed by atoms with Crippen molar-refractivity contribution in [3.63, 3.8) is 0 Å². The number of hydrogen-bond donors (Lipinski definition) is 4. The summed E-state index contributed by atoms with van der Waals surface area (Å²) < 4.78 is 99.2. The van der Waals surface area contributed by atoms with E-state index >= 15 is 0 Å². The van der Waals surface area contributed by atoms with Gasteiger partial charge in [0, 0.05) is 48.8 Å². The third-order valence-electron chi connectivity index (χ3n) is 9.12. The Morgan fingerprint density at radius 3 is 1.43 bits per heavy atom. The minimum Gasteiger partial charge on any atom is -0.403 e. The second-order valence-electron chi connectivity index (χ2n) is 13.4. The SMILES string of the molecule is CCc1[nH]ncc1Cn1cc(-c2ccc(F)c(C(C)(F)F)c2)c(OC(=O)C(O)C(O)C(=O)Oc2nn(Cc3cn[nH]c3CC)cc2-c2ccc(F)c(C(C)(F)F)c2)n1. The predicted octanol–water partition coefficient (Wildman–Crippen LogP) is 5.82. The van der Waals surface area contributed by atoms with Gasteiger partial charge in [-0.2, -0.15) is 10.2 Å². The summed E-state index contributed by atoms with van der Waals surface area (Å²) in [5.41, 5.74) is 0.590. The lowest BCUT2D eigenvalue weighted by Crippen LogP contribution is -2.44. The van der Waals surface area contributed by atoms with Crippen LogP contribution in [-0.4, -0.2) is 74.3 Å². The molecule has 4 N–H and O–H groups in total. The van der Waals surface area contributed by atoms with E-state index in [0.717, 1.165) is 47.8 Å². The number of aromatic amines is 2. The molecule has 0 spiro atoms. The topological polar surface area (TPSA) is 186 Å². The number of nitrogens with zero attached hydrogens (tertiary/aromatic N) is 6. The van der Waals surface area contributed by atoms with Crippen molar-refractivity contribution in [3.05, 3.63) is 106 Å². The average Bonchev–Trinajstić information content (AvgIpc) is 3.98. The number of halogens is 6. The van der Waals surface area contributed by atoms with E-state index in [1.54, 1.807) is 0 Å². The van der Waals surface area contributed by atoms with Crippen molar-refractivity contribution in [1.29, 1.82) is 0 Å². The van der Waals surface area contributed by atoms with E-state index in [-0.39, 0.29) is 35.3 Å². The Balaban J connectivity index is 1.28. The van der Waals surface area contributed by atoms with Gasteiger partial charge in [-0.15, -0.1) is 10.2 Å². The van der Waals surface area contributed by atoms with E-state index in [1.807, 2.05) is 13.8 Å². The van der Waals surface area contributed by atoms with Gasteiger partial charge in [-0.25, -0.2) is 35.9 Å². The van der Waals surface area contributed by atoms with Gasteiger partial charge in [0.1, 0.15) is 11.6 Å². The normalized spacial score (nSPS) is 13.1. The first-order valence-corrected chi connectivity index (χ1v) is 17.7. The number of aromatic nitrogens is 8. The van der Waals surface area contributed by atoms with Crippen LogP contribution in [0.1, 0.15) is 61.3 Å². The number of nitrogens with one attached hydrogen (secondary N) is 2. The molecule has 6 rings (SSSR count). The maximum Gasteiger partial charge on any atom is 0.345 e. The van der Waals surface area contributed by atoms with Crippen molar-refractivity contribution in [1.82, 2.24) is 40.0 Å². The fourth-order valence-electron chi connectivity index (χ4n) is 6.05. The van der Waals surface area contributed by atoms with Gasteiger partial charge in [-0.3, -0.25) is 19.6 Å². The Bertz CT molecular complexity index is 2280. The van der Waals surface area contributed by atoms with Crippen LogP contribution in [0.15, 0.2) is 61.2 Å². The second kappa shape index (κ2) is 16.3. The number of carbonyl (C=O) groups is 2. The lowest BCUT2D eigenvalue weighted by Gasteiger charge is -2.16. The highest BCUT2D eigenvalue weighted by Crippen LogP contribution is 2.38. The Labute approximate surface area is 325 Å². The number of aliphatic hydroxyl groups excluding tert-OH is 2. The number of hydrogen-bond acceptors (Lipinski definition) is 10. The number of esters is 2. The zero-order chi connectivity index (χ0) is 42.1. The van der Waals surface area contributed by atoms with Crippen LogP contribution < -0.4 is 9.47 Å². The van der Waals surface area contributed by atoms with E-state index in [4.69, 9.17) is 9.47 Å². The van der Waals surface area contributed by atoms with Crippen LogP contribution in [-0.2, 0) is 47.4 Å². The molecule has 0 amide bonds. The van der Waals surface area contributed by atoms with Crippen LogP contribution in [0.2, 0.25) is 0 Å². The van der Waals surface area contributed by atoms with Gasteiger partial charge in [-0.05, 0) is 48.2 Å². The third-order valence-corrected chi connectivity index (χ3v) is 9.12. The first-order chi connectivity index (χ1) is 27.4. The van der Waals surface area contributed by atoms with Crippen molar-refractivity contribution in [2.45, 2.75) is 77.7 Å². The molecule has 6 aromatic rings. The van der Waals surface area contributed by atoms with Crippen LogP contribution in [0.5, 0.6) is 11.8 Å². The zero-order valence-electron chi connectivity index (χ0n) is 31.2. The molecule has 0 saturated heterocycles. The Hall–Kier alpha value is -6.28. The number of aryl methyl sites for hydroxylation is 2. The third kappa shape index (κ3) is 8.81. The maximum atomic E-state index is 14.4. The predicted molar refractivity (Wildman–Crippen MR) is 192 cm³/mol. The molecule has 20 heteroatoms. The molecule has 58 heavy (non-hydrogen) atoms. The molecule has 4 aromatic heterocycles. The number of rotatable bonds is 15. The number of carbonyl (C=O) groups excluding carboxylic acids is 2. The Morgan fingerprint density at radius 2 is 1.09 bits per heavy atom. The summed E-state index contributed by atoms with van der Waals surface area (Å²) in [4.78, 5) is 26.6. The van der Waals surface area contributed by atoms with Gasteiger partial charge in [-0.1, -0.05) is 26.0 Å². The van der Waals surface area contributed by atoms with Gasteiger partial charge >= 0.3 is 11.9 Å². The first kappa shape index (κ1) is 41.4. The molecule has 306 valence electrons. The second-order valence-corrected chi connectivity index (χ2v) is 13.4. The lowest BCUT2D eigenvalue weighted by molar-refractivity contribution is -0.162. The highest BCUT2D eigenvalue weighted by Gasteiger charge is 2.37. The van der Waals surface area contributed by atoms with E-state index in [0.29, 0.717) is 37.8 Å². The molecular weight excluding hydrogens is 778 g/mol. The lowest BCUT2D eigenvalue weighted by atomic mass is 10.0. The highest BCUT2D eigenvalue weighted by molar-refractivity contribution is 5.88. The molecule has 2 aromatic carbocycles. The fraction of sp³-hybridized carbons (Fsp3) is 0.316. The Morgan fingerprint density at radius 1 is 0.707 bits per heavy atom. The number of H-pyrrole nitrogens is 2. The van der Waals surface area contributed by atoms with Crippen molar-refractivity contribution in [2.75, 3.05) is 0 Å². The molecule has 4 heterocycles. The minimum absolute atomic E-state index is 0.0422. The Kier molecular flexibility index (Phi) is 11.6. The van der Waals surface area contributed by atoms with Crippen molar-refractivity contribution in [2.24, 2.45) is 0 Å². The average molecular weight is 815 g/mol. The van der Waals surface area contributed by atoms with E-state index in [9.17, 15) is 46.1 Å². The number of aliphatic hydroxyl groups is 2. The standard InChI is InChI=1S/C38H36F6N8O6/c1-5-29-21(13-45-47-29)15-51-17-23(19-7-9-27(39)25(11-19)37(3,41)42)33(49-51)57-35(55)31(53)32(54)36(56)58-34-24(20-8-10-28(40)26(12-20)38(4,43)44)18-52(50-34)16-22-14-46-48-30(22)6-2/h7-14,17-18,31-32,53-54H,5-6,15-16H2,1-4H3,(H,45,47)(H,46,48). The number of ether oxygens (including phenoxy) is 2. The summed E-state index contributed by atoms with van der Waals surface area (Å²) in [6, 6.07) is 5.53. The number of alkyl halides is 4. The summed E-state index contributed by atoms with van der Waals surface area (Å²) >= 11 is 0. The largest absolute Gasteiger partial charge is 0.403 e. The van der Waals surface area contributed by atoms with Crippen LogP contribution in [0.25, 0.3) is 22.3 Å². The molecule has 0 aliphatic carbocycles. The van der Waals surface area contributed by atoms with Crippen LogP contribution in [0.3, 0.4) is 0 Å². The summed E-state index contributed by atoms with van der Waals surface area (Å²) in [6.45, 7) is 4.81. The monoisotopic (exact) mass is 814 g/mol. The molecule has 0 fully saturated rings. The maximum absolute atomic E-state index is 14.4. The van der Waals surface area contributed by atoms with Crippen molar-refractivity contribution >= 4 is 11.9 Å². The van der Waals surface area contributed by atoms with Crippen molar-refractivity contribution < 1.29 is 55.6 Å². The quantitative estimate of drug-likeness (QED) is 0.0728. The van der Waals surface area contributed by atoms with Gasteiger partial charge in [0.25, 0.3) is 11.8 Å². The van der Waals surface area contributed by atoms with Crippen LogP contribution >= 0.6 is 0 Å². The molecule has 0 aliphatic rings. The molecule has 0 aliphatic heterocycles.